The Kier molecular flexibility index (Phi) is 6.16. The van der Waals surface area contributed by atoms with Crippen molar-refractivity contribution in [2.45, 2.75) is 33.4 Å². The maximum Gasteiger partial charge on any atom is 0.0663 e. The molecule has 1 rings (SSSR count). The second-order valence-corrected chi connectivity index (χ2v) is 4.74. The molecule has 1 N–H and O–H groups in total. The van der Waals surface area contributed by atoms with Crippen molar-refractivity contribution in [3.63, 3.8) is 0 Å². The Hall–Kier alpha value is -1.06. The molecule has 0 aliphatic carbocycles. The van der Waals surface area contributed by atoms with Crippen molar-refractivity contribution in [2.75, 3.05) is 32.2 Å². The third kappa shape index (κ3) is 3.72. The molecule has 1 aromatic rings. The number of methoxy groups -OCH3 is 1. The van der Waals surface area contributed by atoms with Crippen LogP contribution < -0.4 is 10.2 Å². The number of anilines is 1. The first-order valence-electron chi connectivity index (χ1n) is 6.63. The van der Waals surface area contributed by atoms with Crippen LogP contribution in [0.2, 0.25) is 0 Å². The minimum absolute atomic E-state index is 0.397. The highest BCUT2D eigenvalue weighted by Crippen LogP contribution is 2.23. The molecule has 0 spiro atoms. The molecule has 0 aliphatic rings. The van der Waals surface area contributed by atoms with E-state index in [1.54, 1.807) is 7.11 Å². The number of benzene rings is 1. The fourth-order valence-electron chi connectivity index (χ4n) is 2.40. The van der Waals surface area contributed by atoms with Crippen molar-refractivity contribution in [2.24, 2.45) is 0 Å². The smallest absolute Gasteiger partial charge is 0.0663 e. The highest BCUT2D eigenvalue weighted by Gasteiger charge is 2.14. The van der Waals surface area contributed by atoms with Gasteiger partial charge in [0.15, 0.2) is 0 Å². The molecule has 0 amide bonds. The third-order valence-electron chi connectivity index (χ3n) is 3.23. The maximum absolute atomic E-state index is 5.26. The molecular formula is C15H26N2O. The maximum atomic E-state index is 5.26. The van der Waals surface area contributed by atoms with E-state index in [1.807, 2.05) is 7.05 Å². The van der Waals surface area contributed by atoms with Crippen LogP contribution in [0.4, 0.5) is 5.69 Å². The Bertz CT molecular complexity index is 366. The van der Waals surface area contributed by atoms with Crippen LogP contribution >= 0.6 is 0 Å². The predicted octanol–water partition coefficient (Wildman–Crippen LogP) is 2.58. The lowest BCUT2D eigenvalue weighted by atomic mass is 10.1. The summed E-state index contributed by atoms with van der Waals surface area (Å²) in [5, 5.41) is 3.18. The first-order valence-corrected chi connectivity index (χ1v) is 6.63. The van der Waals surface area contributed by atoms with Gasteiger partial charge in [-0.15, -0.1) is 0 Å². The molecule has 0 radical (unpaired) electrons. The zero-order valence-corrected chi connectivity index (χ0v) is 12.3. The molecule has 3 heteroatoms. The first-order chi connectivity index (χ1) is 8.63. The molecule has 0 aromatic heterocycles. The van der Waals surface area contributed by atoms with Gasteiger partial charge in [0, 0.05) is 31.9 Å². The molecular weight excluding hydrogens is 224 g/mol. The monoisotopic (exact) mass is 250 g/mol. The number of likely N-dealkylation sites (N-methyl/N-ethyl adjacent to an activating group) is 1. The fourth-order valence-corrected chi connectivity index (χ4v) is 2.40. The second kappa shape index (κ2) is 7.39. The molecule has 18 heavy (non-hydrogen) atoms. The molecule has 1 aromatic carbocycles. The summed E-state index contributed by atoms with van der Waals surface area (Å²) in [6.45, 7) is 9.24. The molecule has 3 nitrogen and oxygen atoms in total. The number of ether oxygens (including phenoxy) is 1. The largest absolute Gasteiger partial charge is 0.383 e. The highest BCUT2D eigenvalue weighted by molar-refractivity contribution is 5.55. The summed E-state index contributed by atoms with van der Waals surface area (Å²) in [4.78, 5) is 2.39. The zero-order valence-electron chi connectivity index (χ0n) is 12.3. The first kappa shape index (κ1) is 15.0. The molecule has 1 atom stereocenters. The predicted molar refractivity (Wildman–Crippen MR) is 78.3 cm³/mol. The van der Waals surface area contributed by atoms with Gasteiger partial charge in [-0.1, -0.05) is 12.1 Å². The van der Waals surface area contributed by atoms with Gasteiger partial charge in [-0.25, -0.2) is 0 Å². The van der Waals surface area contributed by atoms with Gasteiger partial charge in [-0.2, -0.15) is 0 Å². The van der Waals surface area contributed by atoms with Crippen LogP contribution in [0.25, 0.3) is 0 Å². The number of nitrogens with one attached hydrogen (secondary N) is 1. The summed E-state index contributed by atoms with van der Waals surface area (Å²) in [5.41, 5.74) is 3.96. The summed E-state index contributed by atoms with van der Waals surface area (Å²) >= 11 is 0. The Labute approximate surface area is 111 Å². The summed E-state index contributed by atoms with van der Waals surface area (Å²) in [5.74, 6) is 0. The second-order valence-electron chi connectivity index (χ2n) is 4.74. The van der Waals surface area contributed by atoms with Crippen LogP contribution in [0.3, 0.4) is 0 Å². The Balaban J connectivity index is 2.92. The van der Waals surface area contributed by atoms with Crippen LogP contribution in [0.1, 0.15) is 25.0 Å². The van der Waals surface area contributed by atoms with Gasteiger partial charge in [-0.3, -0.25) is 0 Å². The van der Waals surface area contributed by atoms with E-state index in [1.165, 1.54) is 16.8 Å². The van der Waals surface area contributed by atoms with E-state index < -0.39 is 0 Å². The van der Waals surface area contributed by atoms with Crippen LogP contribution in [-0.2, 0) is 11.3 Å². The van der Waals surface area contributed by atoms with Crippen LogP contribution in [0, 0.1) is 6.92 Å². The van der Waals surface area contributed by atoms with Gasteiger partial charge in [-0.05, 0) is 45.0 Å². The molecule has 102 valence electrons. The lowest BCUT2D eigenvalue weighted by Crippen LogP contribution is -2.36. The average molecular weight is 250 g/mol. The van der Waals surface area contributed by atoms with Crippen molar-refractivity contribution < 1.29 is 4.74 Å². The molecule has 0 fully saturated rings. The number of rotatable bonds is 7. The van der Waals surface area contributed by atoms with Gasteiger partial charge < -0.3 is 15.0 Å². The average Bonchev–Trinajstić information content (AvgIpc) is 2.33. The summed E-state index contributed by atoms with van der Waals surface area (Å²) in [6, 6.07) is 7.07. The Morgan fingerprint density at radius 1 is 1.39 bits per heavy atom. The Morgan fingerprint density at radius 2 is 2.11 bits per heavy atom. The van der Waals surface area contributed by atoms with Crippen LogP contribution in [0.15, 0.2) is 18.2 Å². The molecule has 1 unspecified atom stereocenters. The SMILES string of the molecule is CCN(c1ccc(CNC)cc1C)C(C)COC. The van der Waals surface area contributed by atoms with E-state index in [0.717, 1.165) is 19.7 Å². The van der Waals surface area contributed by atoms with Crippen molar-refractivity contribution >= 4 is 5.69 Å². The van der Waals surface area contributed by atoms with Gasteiger partial charge in [0.2, 0.25) is 0 Å². The van der Waals surface area contributed by atoms with Crippen molar-refractivity contribution in [1.82, 2.24) is 5.32 Å². The van der Waals surface area contributed by atoms with Crippen molar-refractivity contribution in [3.05, 3.63) is 29.3 Å². The van der Waals surface area contributed by atoms with E-state index in [4.69, 9.17) is 4.74 Å². The fraction of sp³-hybridized carbons (Fsp3) is 0.600. The number of nitrogens with zero attached hydrogens (tertiary/aromatic N) is 1. The normalized spacial score (nSPS) is 12.5. The number of hydrogen-bond acceptors (Lipinski definition) is 3. The third-order valence-corrected chi connectivity index (χ3v) is 3.23. The lowest BCUT2D eigenvalue weighted by Gasteiger charge is -2.31. The van der Waals surface area contributed by atoms with E-state index in [9.17, 15) is 0 Å². The minimum Gasteiger partial charge on any atom is -0.383 e. The van der Waals surface area contributed by atoms with Gasteiger partial charge in [0.1, 0.15) is 0 Å². The molecule has 0 saturated carbocycles. The van der Waals surface area contributed by atoms with E-state index in [0.29, 0.717) is 6.04 Å². The zero-order chi connectivity index (χ0) is 13.5. The Morgan fingerprint density at radius 3 is 2.61 bits per heavy atom. The quantitative estimate of drug-likeness (QED) is 0.805. The topological polar surface area (TPSA) is 24.5 Å². The molecule has 0 bridgehead atoms. The van der Waals surface area contributed by atoms with Crippen molar-refractivity contribution in [1.29, 1.82) is 0 Å². The summed E-state index contributed by atoms with van der Waals surface area (Å²) < 4.78 is 5.26. The highest BCUT2D eigenvalue weighted by atomic mass is 16.5. The standard InChI is InChI=1S/C15H26N2O/c1-6-17(13(3)11-18-5)15-8-7-14(10-16-4)9-12(15)2/h7-9,13,16H,6,10-11H2,1-5H3. The number of hydrogen-bond donors (Lipinski definition) is 1. The van der Waals surface area contributed by atoms with E-state index >= 15 is 0 Å². The van der Waals surface area contributed by atoms with Gasteiger partial charge >= 0.3 is 0 Å². The summed E-state index contributed by atoms with van der Waals surface area (Å²) in [7, 11) is 3.73. The van der Waals surface area contributed by atoms with Gasteiger partial charge in [0.25, 0.3) is 0 Å². The van der Waals surface area contributed by atoms with Gasteiger partial charge in [0.05, 0.1) is 6.61 Å². The molecule has 0 heterocycles. The summed E-state index contributed by atoms with van der Waals surface area (Å²) in [6.07, 6.45) is 0. The van der Waals surface area contributed by atoms with E-state index in [-0.39, 0.29) is 0 Å². The molecule has 0 saturated heterocycles. The molecule has 0 aliphatic heterocycles. The van der Waals surface area contributed by atoms with Crippen LogP contribution in [0.5, 0.6) is 0 Å². The number of aryl methyl sites for hydroxylation is 1. The van der Waals surface area contributed by atoms with Crippen molar-refractivity contribution in [3.8, 4) is 0 Å². The minimum atomic E-state index is 0.397. The van der Waals surface area contributed by atoms with Crippen LogP contribution in [-0.4, -0.2) is 33.4 Å². The van der Waals surface area contributed by atoms with E-state index in [2.05, 4.69) is 49.2 Å². The lowest BCUT2D eigenvalue weighted by molar-refractivity contribution is 0.182.